The Hall–Kier alpha value is -2.55. The highest BCUT2D eigenvalue weighted by atomic mass is 35.5. The highest BCUT2D eigenvalue weighted by Crippen LogP contribution is 2.31. The second-order valence-electron chi connectivity index (χ2n) is 6.27. The molecule has 1 heterocycles. The van der Waals surface area contributed by atoms with Crippen LogP contribution in [0.5, 0.6) is 0 Å². The Bertz CT molecular complexity index is 1010. The third-order valence-corrected chi connectivity index (χ3v) is 5.68. The van der Waals surface area contributed by atoms with E-state index in [4.69, 9.17) is 23.2 Å². The standard InChI is InChI=1S/C20H17Cl2N3O4S/c1-2-23-20(24-14-8-12(21)7-13(22)9-14)30-16-10-17(26)25(18(16)27)15-5-3-11(4-6-15)19(28)29/h3-9,16H,2,10H2,1H3,(H,23,24)(H,28,29)/p-1/t16-/m0/s1. The highest BCUT2D eigenvalue weighted by Gasteiger charge is 2.40. The average molecular weight is 465 g/mol. The van der Waals surface area contributed by atoms with E-state index in [1.54, 1.807) is 18.2 Å². The monoisotopic (exact) mass is 464 g/mol. The first-order chi connectivity index (χ1) is 14.3. The Morgan fingerprint density at radius 1 is 1.20 bits per heavy atom. The van der Waals surface area contributed by atoms with Crippen molar-refractivity contribution in [2.24, 2.45) is 4.99 Å². The van der Waals surface area contributed by atoms with Gasteiger partial charge in [-0.15, -0.1) is 0 Å². The number of halogens is 2. The number of aromatic carboxylic acids is 1. The first kappa shape index (κ1) is 22.1. The Morgan fingerprint density at radius 2 is 1.83 bits per heavy atom. The molecular formula is C20H16Cl2N3O4S-. The molecule has 0 bridgehead atoms. The summed E-state index contributed by atoms with van der Waals surface area (Å²) >= 11 is 13.2. The maximum absolute atomic E-state index is 12.9. The number of carbonyl (C=O) groups excluding carboxylic acids is 3. The number of nitrogens with zero attached hydrogens (tertiary/aromatic N) is 2. The molecule has 1 atom stereocenters. The van der Waals surface area contributed by atoms with E-state index in [2.05, 4.69) is 10.3 Å². The molecule has 1 aliphatic heterocycles. The number of carboxylic acid groups (broad SMARTS) is 1. The van der Waals surface area contributed by atoms with Gasteiger partial charge in [-0.2, -0.15) is 0 Å². The molecule has 30 heavy (non-hydrogen) atoms. The Balaban J connectivity index is 1.76. The molecular weight excluding hydrogens is 449 g/mol. The predicted molar refractivity (Wildman–Crippen MR) is 117 cm³/mol. The van der Waals surface area contributed by atoms with Crippen LogP contribution in [0.4, 0.5) is 11.4 Å². The molecule has 1 fully saturated rings. The minimum atomic E-state index is -1.33. The lowest BCUT2D eigenvalue weighted by atomic mass is 10.2. The molecule has 1 aliphatic rings. The van der Waals surface area contributed by atoms with Gasteiger partial charge in [0.15, 0.2) is 5.17 Å². The number of hydrogen-bond donors (Lipinski definition) is 1. The molecule has 0 spiro atoms. The van der Waals surface area contributed by atoms with Gasteiger partial charge in [0.1, 0.15) is 5.25 Å². The number of carbonyl (C=O) groups is 3. The maximum Gasteiger partial charge on any atom is 0.247 e. The van der Waals surface area contributed by atoms with Crippen LogP contribution in [0.1, 0.15) is 23.7 Å². The number of amidine groups is 1. The van der Waals surface area contributed by atoms with Crippen molar-refractivity contribution in [2.75, 3.05) is 16.8 Å². The average Bonchev–Trinajstić information content (AvgIpc) is 2.94. The van der Waals surface area contributed by atoms with E-state index >= 15 is 0 Å². The van der Waals surface area contributed by atoms with Gasteiger partial charge in [0.2, 0.25) is 11.8 Å². The molecule has 2 aromatic carbocycles. The van der Waals surface area contributed by atoms with Gasteiger partial charge in [0, 0.05) is 28.7 Å². The van der Waals surface area contributed by atoms with Crippen LogP contribution in [0.25, 0.3) is 0 Å². The van der Waals surface area contributed by atoms with E-state index < -0.39 is 17.1 Å². The van der Waals surface area contributed by atoms with Crippen LogP contribution in [-0.4, -0.2) is 34.7 Å². The van der Waals surface area contributed by atoms with Crippen LogP contribution in [-0.2, 0) is 9.59 Å². The van der Waals surface area contributed by atoms with Crippen molar-refractivity contribution in [3.05, 3.63) is 58.1 Å². The van der Waals surface area contributed by atoms with Gasteiger partial charge in [-0.25, -0.2) is 4.90 Å². The molecule has 7 nitrogen and oxygen atoms in total. The Morgan fingerprint density at radius 3 is 2.40 bits per heavy atom. The number of thioether (sulfide) groups is 1. The summed E-state index contributed by atoms with van der Waals surface area (Å²) in [6.45, 7) is 2.31. The van der Waals surface area contributed by atoms with Crippen molar-refractivity contribution in [3.63, 3.8) is 0 Å². The maximum atomic E-state index is 12.9. The molecule has 0 radical (unpaired) electrons. The SMILES string of the molecule is CCN=C(Nc1cc(Cl)cc(Cl)c1)S[C@H]1CC(=O)N(c2ccc(C(=O)[O-])cc2)C1=O. The molecule has 0 unspecified atom stereocenters. The fourth-order valence-electron chi connectivity index (χ4n) is 2.85. The number of hydrogen-bond acceptors (Lipinski definition) is 6. The first-order valence-electron chi connectivity index (χ1n) is 8.91. The summed E-state index contributed by atoms with van der Waals surface area (Å²) in [5.41, 5.74) is 0.880. The molecule has 156 valence electrons. The molecule has 2 aromatic rings. The summed E-state index contributed by atoms with van der Waals surface area (Å²) in [6.07, 6.45) is -0.00749. The van der Waals surface area contributed by atoms with Crippen LogP contribution in [0.3, 0.4) is 0 Å². The number of rotatable bonds is 5. The quantitative estimate of drug-likeness (QED) is 0.414. The lowest BCUT2D eigenvalue weighted by Crippen LogP contribution is -2.32. The van der Waals surface area contributed by atoms with Crippen LogP contribution < -0.4 is 15.3 Å². The van der Waals surface area contributed by atoms with Crippen LogP contribution >= 0.6 is 35.0 Å². The fourth-order valence-corrected chi connectivity index (χ4v) is 4.46. The molecule has 1 saturated heterocycles. The molecule has 0 aliphatic carbocycles. The summed E-state index contributed by atoms with van der Waals surface area (Å²) in [7, 11) is 0. The first-order valence-corrected chi connectivity index (χ1v) is 10.5. The normalized spacial score (nSPS) is 16.8. The topological polar surface area (TPSA) is 102 Å². The summed E-state index contributed by atoms with van der Waals surface area (Å²) in [4.78, 5) is 41.6. The summed E-state index contributed by atoms with van der Waals surface area (Å²) < 4.78 is 0. The number of imide groups is 1. The molecule has 0 aromatic heterocycles. The zero-order valence-corrected chi connectivity index (χ0v) is 18.1. The van der Waals surface area contributed by atoms with Crippen molar-refractivity contribution >= 4 is 69.3 Å². The van der Waals surface area contributed by atoms with Crippen molar-refractivity contribution in [3.8, 4) is 0 Å². The van der Waals surface area contributed by atoms with Crippen molar-refractivity contribution in [1.29, 1.82) is 0 Å². The van der Waals surface area contributed by atoms with Crippen LogP contribution in [0, 0.1) is 0 Å². The molecule has 2 amide bonds. The van der Waals surface area contributed by atoms with E-state index in [9.17, 15) is 19.5 Å². The fraction of sp³-hybridized carbons (Fsp3) is 0.200. The van der Waals surface area contributed by atoms with E-state index in [0.717, 1.165) is 16.7 Å². The van der Waals surface area contributed by atoms with Crippen LogP contribution in [0.2, 0.25) is 10.0 Å². The molecule has 0 saturated carbocycles. The van der Waals surface area contributed by atoms with Gasteiger partial charge >= 0.3 is 0 Å². The van der Waals surface area contributed by atoms with Gasteiger partial charge in [-0.05, 0) is 42.8 Å². The van der Waals surface area contributed by atoms with Gasteiger partial charge in [-0.3, -0.25) is 14.6 Å². The van der Waals surface area contributed by atoms with Gasteiger partial charge < -0.3 is 15.2 Å². The summed E-state index contributed by atoms with van der Waals surface area (Å²) in [6, 6.07) is 10.3. The third-order valence-electron chi connectivity index (χ3n) is 4.14. The van der Waals surface area contributed by atoms with E-state index in [-0.39, 0.29) is 17.9 Å². The van der Waals surface area contributed by atoms with Gasteiger partial charge in [0.05, 0.1) is 11.7 Å². The highest BCUT2D eigenvalue weighted by molar-refractivity contribution is 8.15. The minimum absolute atomic E-state index is 0.00749. The van der Waals surface area contributed by atoms with E-state index in [1.807, 2.05) is 6.92 Å². The Labute approximate surface area is 187 Å². The number of anilines is 2. The lowest BCUT2D eigenvalue weighted by Gasteiger charge is -2.16. The number of amides is 2. The second-order valence-corrected chi connectivity index (χ2v) is 8.34. The molecule has 3 rings (SSSR count). The van der Waals surface area contributed by atoms with Crippen LogP contribution in [0.15, 0.2) is 47.5 Å². The third kappa shape index (κ3) is 5.13. The zero-order chi connectivity index (χ0) is 21.8. The number of nitrogens with one attached hydrogen (secondary N) is 1. The lowest BCUT2D eigenvalue weighted by molar-refractivity contribution is -0.255. The number of benzene rings is 2. The minimum Gasteiger partial charge on any atom is -0.545 e. The molecule has 10 heteroatoms. The second kappa shape index (κ2) is 9.51. The smallest absolute Gasteiger partial charge is 0.247 e. The largest absolute Gasteiger partial charge is 0.545 e. The Kier molecular flexibility index (Phi) is 7.02. The summed E-state index contributed by atoms with van der Waals surface area (Å²) in [5.74, 6) is -2.11. The number of carboxylic acids is 1. The van der Waals surface area contributed by atoms with Gasteiger partial charge in [-0.1, -0.05) is 47.1 Å². The number of aliphatic imine (C=N–C) groups is 1. The van der Waals surface area contributed by atoms with Crippen molar-refractivity contribution in [1.82, 2.24) is 0 Å². The zero-order valence-electron chi connectivity index (χ0n) is 15.7. The van der Waals surface area contributed by atoms with E-state index in [1.165, 1.54) is 24.3 Å². The molecule has 1 N–H and O–H groups in total. The van der Waals surface area contributed by atoms with E-state index in [0.29, 0.717) is 33.1 Å². The van der Waals surface area contributed by atoms with Crippen molar-refractivity contribution in [2.45, 2.75) is 18.6 Å². The predicted octanol–water partition coefficient (Wildman–Crippen LogP) is 3.21. The van der Waals surface area contributed by atoms with Gasteiger partial charge in [0.25, 0.3) is 0 Å². The summed E-state index contributed by atoms with van der Waals surface area (Å²) in [5, 5.41) is 14.7. The van der Waals surface area contributed by atoms with Crippen molar-refractivity contribution < 1.29 is 19.5 Å².